The second-order valence-electron chi connectivity index (χ2n) is 16.3. The molecule has 2 heteroatoms. The largest absolute Gasteiger partial charge is 0.310 e. The van der Waals surface area contributed by atoms with E-state index >= 15 is 0 Å². The van der Waals surface area contributed by atoms with Gasteiger partial charge in [0.2, 0.25) is 0 Å². The van der Waals surface area contributed by atoms with Crippen molar-refractivity contribution in [3.63, 3.8) is 0 Å². The highest BCUT2D eigenvalue weighted by atomic mass is 15.1. The minimum atomic E-state index is -0.357. The topological polar surface area (TPSA) is 8.17 Å². The minimum Gasteiger partial charge on any atom is -0.310 e. The van der Waals surface area contributed by atoms with Gasteiger partial charge in [0.1, 0.15) is 0 Å². The van der Waals surface area contributed by atoms with Crippen molar-refractivity contribution in [3.8, 4) is 39.1 Å². The predicted octanol–water partition coefficient (Wildman–Crippen LogP) is 14.9. The maximum Gasteiger partial charge on any atom is 0.0725 e. The lowest BCUT2D eigenvalue weighted by Gasteiger charge is -2.31. The molecule has 2 aliphatic rings. The molecule has 0 radical (unpaired) electrons. The Morgan fingerprint density at radius 1 is 0.356 bits per heavy atom. The molecule has 59 heavy (non-hydrogen) atoms. The van der Waals surface area contributed by atoms with Gasteiger partial charge in [0.25, 0.3) is 0 Å². The molecule has 1 heterocycles. The molecule has 2 nitrogen and oxygen atoms in total. The summed E-state index contributed by atoms with van der Waals surface area (Å²) in [5.74, 6) is 0. The van der Waals surface area contributed by atoms with E-state index in [1.54, 1.807) is 0 Å². The first-order valence-corrected chi connectivity index (χ1v) is 20.6. The zero-order valence-electron chi connectivity index (χ0n) is 33.0. The van der Waals surface area contributed by atoms with E-state index in [4.69, 9.17) is 0 Å². The molecule has 0 bridgehead atoms. The van der Waals surface area contributed by atoms with Crippen molar-refractivity contribution in [2.45, 2.75) is 19.3 Å². The van der Waals surface area contributed by atoms with Crippen LogP contribution in [-0.4, -0.2) is 4.57 Å². The van der Waals surface area contributed by atoms with Crippen LogP contribution in [0.4, 0.5) is 17.1 Å². The summed E-state index contributed by atoms with van der Waals surface area (Å²) >= 11 is 0. The maximum atomic E-state index is 2.43. The van der Waals surface area contributed by atoms with Gasteiger partial charge in [-0.3, -0.25) is 0 Å². The van der Waals surface area contributed by atoms with E-state index in [9.17, 15) is 0 Å². The van der Waals surface area contributed by atoms with Crippen LogP contribution in [0.1, 0.15) is 33.4 Å². The summed E-state index contributed by atoms with van der Waals surface area (Å²) in [4.78, 5) is 2.40. The summed E-state index contributed by atoms with van der Waals surface area (Å²) in [5, 5.41) is 2.57. The molecule has 12 rings (SSSR count). The zero-order chi connectivity index (χ0) is 39.2. The van der Waals surface area contributed by atoms with Gasteiger partial charge in [-0.2, -0.15) is 0 Å². The van der Waals surface area contributed by atoms with Gasteiger partial charge in [-0.1, -0.05) is 151 Å². The molecule has 0 unspecified atom stereocenters. The van der Waals surface area contributed by atoms with E-state index in [0.29, 0.717) is 0 Å². The Morgan fingerprint density at radius 2 is 0.831 bits per heavy atom. The van der Waals surface area contributed by atoms with Gasteiger partial charge in [0.05, 0.1) is 16.4 Å². The van der Waals surface area contributed by atoms with Gasteiger partial charge < -0.3 is 9.47 Å². The van der Waals surface area contributed by atoms with Crippen LogP contribution in [0.2, 0.25) is 0 Å². The van der Waals surface area contributed by atoms with Gasteiger partial charge in [-0.25, -0.2) is 0 Å². The van der Waals surface area contributed by atoms with Gasteiger partial charge in [0, 0.05) is 33.5 Å². The number of fused-ring (bicyclic) bond motifs is 13. The Morgan fingerprint density at radius 3 is 1.47 bits per heavy atom. The molecule has 2 aliphatic carbocycles. The maximum absolute atomic E-state index is 2.43. The van der Waals surface area contributed by atoms with Gasteiger partial charge in [-0.15, -0.1) is 0 Å². The van der Waals surface area contributed by atoms with Crippen molar-refractivity contribution < 1.29 is 0 Å². The fraction of sp³-hybridized carbons (Fsp3) is 0.0526. The number of aromatic nitrogens is 1. The summed E-state index contributed by atoms with van der Waals surface area (Å²) in [7, 11) is 0. The van der Waals surface area contributed by atoms with Crippen LogP contribution >= 0.6 is 0 Å². The van der Waals surface area contributed by atoms with Crippen LogP contribution in [0.3, 0.4) is 0 Å². The fourth-order valence-electron chi connectivity index (χ4n) is 10.3. The van der Waals surface area contributed by atoms with E-state index in [0.717, 1.165) is 22.7 Å². The van der Waals surface area contributed by atoms with E-state index in [1.807, 2.05) is 0 Å². The Labute approximate surface area is 344 Å². The minimum absolute atomic E-state index is 0.357. The fourth-order valence-corrected chi connectivity index (χ4v) is 10.3. The first-order valence-electron chi connectivity index (χ1n) is 20.6. The second kappa shape index (κ2) is 12.8. The van der Waals surface area contributed by atoms with Crippen molar-refractivity contribution in [2.75, 3.05) is 4.90 Å². The molecule has 10 aromatic rings. The molecule has 1 aromatic heterocycles. The molecule has 0 fully saturated rings. The van der Waals surface area contributed by atoms with Crippen LogP contribution in [0.15, 0.2) is 206 Å². The Hall–Kier alpha value is -7.42. The average Bonchev–Trinajstić information content (AvgIpc) is 3.89. The first kappa shape index (κ1) is 33.7. The molecule has 9 aromatic carbocycles. The molecule has 1 spiro atoms. The second-order valence-corrected chi connectivity index (χ2v) is 16.3. The standard InChI is InChI=1S/C57H40N2/c1-37-19-26-41(27-20-37)58(42-28-22-39(23-29-42)40-24-30-43(31-25-40)59-55-18-10-6-14-48(55)50-35-38(2)21-34-56(50)59)44-32-33-54-49(36-44)47-13-5-9-17-53(47)57(54)51-15-7-3-11-45(51)46-12-4-8-16-52(46)57/h3-36H,1-2H3. The normalized spacial score (nSPS) is 13.1. The first-order chi connectivity index (χ1) is 29.1. The Kier molecular flexibility index (Phi) is 7.31. The quantitative estimate of drug-likeness (QED) is 0.170. The zero-order valence-corrected chi connectivity index (χ0v) is 33.0. The smallest absolute Gasteiger partial charge is 0.0725 e. The highest BCUT2D eigenvalue weighted by molar-refractivity contribution is 6.09. The molecule has 0 atom stereocenters. The van der Waals surface area contributed by atoms with Crippen molar-refractivity contribution in [1.29, 1.82) is 0 Å². The number of rotatable bonds is 5. The third-order valence-corrected chi connectivity index (χ3v) is 12.9. The summed E-state index contributed by atoms with van der Waals surface area (Å²) in [6.07, 6.45) is 0. The molecule has 0 aliphatic heterocycles. The van der Waals surface area contributed by atoms with E-state index < -0.39 is 0 Å². The van der Waals surface area contributed by atoms with E-state index in [-0.39, 0.29) is 5.41 Å². The van der Waals surface area contributed by atoms with Crippen LogP contribution in [0.25, 0.3) is 60.9 Å². The van der Waals surface area contributed by atoms with E-state index in [1.165, 1.54) is 88.6 Å². The number of hydrogen-bond donors (Lipinski definition) is 0. The number of anilines is 3. The number of aryl methyl sites for hydroxylation is 2. The van der Waals surface area contributed by atoms with Crippen molar-refractivity contribution in [1.82, 2.24) is 4.57 Å². The number of para-hydroxylation sites is 1. The highest BCUT2D eigenvalue weighted by Gasteiger charge is 2.51. The van der Waals surface area contributed by atoms with Crippen molar-refractivity contribution in [2.24, 2.45) is 0 Å². The average molecular weight is 753 g/mol. The molecule has 0 saturated carbocycles. The highest BCUT2D eigenvalue weighted by Crippen LogP contribution is 2.63. The Bertz CT molecular complexity index is 3230. The molecular weight excluding hydrogens is 713 g/mol. The summed E-state index contributed by atoms with van der Waals surface area (Å²) in [5.41, 5.74) is 22.2. The summed E-state index contributed by atoms with van der Waals surface area (Å²) in [6.45, 7) is 4.32. The summed E-state index contributed by atoms with van der Waals surface area (Å²) < 4.78 is 2.39. The lowest BCUT2D eigenvalue weighted by atomic mass is 9.70. The van der Waals surface area contributed by atoms with Crippen LogP contribution in [-0.2, 0) is 5.41 Å². The predicted molar refractivity (Wildman–Crippen MR) is 247 cm³/mol. The summed E-state index contributed by atoms with van der Waals surface area (Å²) in [6, 6.07) is 76.7. The van der Waals surface area contributed by atoms with Gasteiger partial charge in [0.15, 0.2) is 0 Å². The molecule has 0 saturated heterocycles. The van der Waals surface area contributed by atoms with Crippen molar-refractivity contribution in [3.05, 3.63) is 240 Å². The monoisotopic (exact) mass is 752 g/mol. The van der Waals surface area contributed by atoms with Crippen LogP contribution in [0.5, 0.6) is 0 Å². The number of benzene rings is 9. The molecule has 0 N–H and O–H groups in total. The van der Waals surface area contributed by atoms with Crippen molar-refractivity contribution >= 4 is 38.9 Å². The molecule has 278 valence electrons. The van der Waals surface area contributed by atoms with E-state index in [2.05, 4.69) is 230 Å². The SMILES string of the molecule is Cc1ccc(N(c2ccc(-c3ccc(-n4c5ccccc5c5cc(C)ccc54)cc3)cc2)c2ccc3c(c2)-c2ccccc2C32c3ccccc3-c3ccccc32)cc1. The molecule has 0 amide bonds. The number of nitrogens with zero attached hydrogens (tertiary/aromatic N) is 2. The lowest BCUT2D eigenvalue weighted by Crippen LogP contribution is -2.25. The van der Waals surface area contributed by atoms with Gasteiger partial charge >= 0.3 is 0 Å². The lowest BCUT2D eigenvalue weighted by molar-refractivity contribution is 0.794. The third-order valence-electron chi connectivity index (χ3n) is 12.9. The van der Waals surface area contributed by atoms with Gasteiger partial charge in [-0.05, 0) is 136 Å². The Balaban J connectivity index is 0.951. The van der Waals surface area contributed by atoms with Crippen LogP contribution in [0, 0.1) is 13.8 Å². The molecular formula is C57H40N2. The third kappa shape index (κ3) is 4.87. The number of hydrogen-bond acceptors (Lipinski definition) is 1. The van der Waals surface area contributed by atoms with Crippen LogP contribution < -0.4 is 4.90 Å².